The van der Waals surface area contributed by atoms with Gasteiger partial charge in [-0.2, -0.15) is 0 Å². The molecule has 7 heteroatoms. The minimum absolute atomic E-state index is 0.235. The number of aromatic nitrogens is 4. The zero-order valence-corrected chi connectivity index (χ0v) is 14.9. The number of fused-ring (bicyclic) bond motifs is 5. The van der Waals surface area contributed by atoms with Gasteiger partial charge < -0.3 is 4.84 Å². The Balaban J connectivity index is 1.42. The molecule has 1 aliphatic carbocycles. The van der Waals surface area contributed by atoms with Gasteiger partial charge in [-0.3, -0.25) is 0 Å². The lowest BCUT2D eigenvalue weighted by atomic mass is 9.97. The predicted molar refractivity (Wildman–Crippen MR) is 102 cm³/mol. The van der Waals surface area contributed by atoms with Crippen molar-refractivity contribution in [1.82, 2.24) is 19.6 Å². The number of benzene rings is 1. The highest BCUT2D eigenvalue weighted by Gasteiger charge is 2.20. The van der Waals surface area contributed by atoms with Gasteiger partial charge in [0.25, 0.3) is 0 Å². The van der Waals surface area contributed by atoms with Crippen LogP contribution in [0.3, 0.4) is 0 Å². The molecule has 0 unspecified atom stereocenters. The van der Waals surface area contributed by atoms with Gasteiger partial charge in [0, 0.05) is 4.88 Å². The molecular weight excluding hydrogens is 346 g/mol. The Hall–Kier alpha value is -2.80. The zero-order valence-electron chi connectivity index (χ0n) is 14.1. The van der Waals surface area contributed by atoms with E-state index in [0.29, 0.717) is 5.82 Å². The van der Waals surface area contributed by atoms with Crippen LogP contribution in [0.2, 0.25) is 0 Å². The Morgan fingerprint density at radius 1 is 1.19 bits per heavy atom. The van der Waals surface area contributed by atoms with Gasteiger partial charge in [-0.05, 0) is 36.8 Å². The fourth-order valence-corrected chi connectivity index (χ4v) is 4.62. The van der Waals surface area contributed by atoms with Crippen LogP contribution in [-0.2, 0) is 24.3 Å². The van der Waals surface area contributed by atoms with Crippen LogP contribution in [0, 0.1) is 0 Å². The molecule has 3 aromatic heterocycles. The van der Waals surface area contributed by atoms with Gasteiger partial charge in [0.2, 0.25) is 0 Å². The lowest BCUT2D eigenvalue weighted by molar-refractivity contribution is 0.126. The van der Waals surface area contributed by atoms with Crippen LogP contribution in [0.5, 0.6) is 0 Å². The van der Waals surface area contributed by atoms with Crippen LogP contribution >= 0.6 is 11.3 Å². The third-order valence-electron chi connectivity index (χ3n) is 4.61. The summed E-state index contributed by atoms with van der Waals surface area (Å²) in [6, 6.07) is 9.84. The monoisotopic (exact) mass is 363 g/mol. The maximum absolute atomic E-state index is 5.37. The number of hydrogen-bond acceptors (Lipinski definition) is 6. The van der Waals surface area contributed by atoms with Crippen LogP contribution < -0.4 is 0 Å². The van der Waals surface area contributed by atoms with Gasteiger partial charge in [0.15, 0.2) is 18.1 Å². The summed E-state index contributed by atoms with van der Waals surface area (Å²) >= 11 is 1.80. The first-order valence-electron chi connectivity index (χ1n) is 8.73. The summed E-state index contributed by atoms with van der Waals surface area (Å²) in [7, 11) is 0. The Kier molecular flexibility index (Phi) is 3.86. The van der Waals surface area contributed by atoms with Crippen molar-refractivity contribution in [2.75, 3.05) is 0 Å². The fraction of sp³-hybridized carbons (Fsp3) is 0.263. The van der Waals surface area contributed by atoms with Crippen molar-refractivity contribution >= 4 is 33.4 Å². The maximum atomic E-state index is 5.37. The third kappa shape index (κ3) is 2.74. The highest BCUT2D eigenvalue weighted by Crippen LogP contribution is 2.36. The highest BCUT2D eigenvalue weighted by molar-refractivity contribution is 7.19. The van der Waals surface area contributed by atoms with Crippen molar-refractivity contribution in [2.24, 2.45) is 5.16 Å². The summed E-state index contributed by atoms with van der Waals surface area (Å²) in [5.74, 6) is 0.611. The smallest absolute Gasteiger partial charge is 0.192 e. The van der Waals surface area contributed by atoms with Crippen LogP contribution in [0.25, 0.3) is 15.9 Å². The normalized spacial score (nSPS) is 14.3. The predicted octanol–water partition coefficient (Wildman–Crippen LogP) is 3.77. The molecule has 0 saturated carbocycles. The minimum atomic E-state index is 0.235. The van der Waals surface area contributed by atoms with Crippen molar-refractivity contribution in [3.05, 3.63) is 58.5 Å². The number of hydrogen-bond donors (Lipinski definition) is 0. The van der Waals surface area contributed by atoms with Crippen molar-refractivity contribution < 1.29 is 4.84 Å². The van der Waals surface area contributed by atoms with E-state index in [2.05, 4.69) is 20.2 Å². The van der Waals surface area contributed by atoms with Crippen LogP contribution in [0.1, 0.15) is 34.7 Å². The average Bonchev–Trinajstić information content (AvgIpc) is 3.26. The second kappa shape index (κ2) is 6.49. The van der Waals surface area contributed by atoms with Crippen LogP contribution in [0.4, 0.5) is 0 Å². The second-order valence-corrected chi connectivity index (χ2v) is 7.43. The molecule has 0 aliphatic heterocycles. The van der Waals surface area contributed by atoms with E-state index in [1.807, 2.05) is 30.3 Å². The number of nitrogens with zero attached hydrogens (tertiary/aromatic N) is 5. The molecule has 0 spiro atoms. The summed E-state index contributed by atoms with van der Waals surface area (Å²) in [4.78, 5) is 17.2. The molecule has 0 atom stereocenters. The van der Waals surface area contributed by atoms with E-state index in [1.165, 1.54) is 28.7 Å². The van der Waals surface area contributed by atoms with Gasteiger partial charge in [-0.15, -0.1) is 16.4 Å². The molecule has 26 heavy (non-hydrogen) atoms. The van der Waals surface area contributed by atoms with Gasteiger partial charge in [-0.25, -0.2) is 14.5 Å². The number of aryl methyl sites for hydroxylation is 2. The summed E-state index contributed by atoms with van der Waals surface area (Å²) in [5.41, 5.74) is 3.28. The lowest BCUT2D eigenvalue weighted by Gasteiger charge is -2.09. The summed E-state index contributed by atoms with van der Waals surface area (Å²) in [6.45, 7) is 0.235. The first kappa shape index (κ1) is 15.5. The Bertz CT molecular complexity index is 1100. The first-order chi connectivity index (χ1) is 12.9. The zero-order chi connectivity index (χ0) is 17.3. The largest absolute Gasteiger partial charge is 0.387 e. The van der Waals surface area contributed by atoms with E-state index >= 15 is 0 Å². The van der Waals surface area contributed by atoms with Crippen molar-refractivity contribution in [3.63, 3.8) is 0 Å². The average molecular weight is 363 g/mol. The van der Waals surface area contributed by atoms with E-state index in [9.17, 15) is 0 Å². The minimum Gasteiger partial charge on any atom is -0.387 e. The molecule has 130 valence electrons. The molecule has 0 N–H and O–H groups in total. The number of rotatable bonds is 4. The maximum Gasteiger partial charge on any atom is 0.192 e. The van der Waals surface area contributed by atoms with Crippen molar-refractivity contribution in [3.8, 4) is 0 Å². The molecule has 4 aromatic rings. The molecule has 3 heterocycles. The standard InChI is InChI=1S/C19H17N5OS/c1-2-6-13(7-3-1)10-21-25-11-16-22-18-17-14-8-4-5-9-15(14)26-19(17)20-12-24(18)23-16/h1-3,6-7,10,12H,4-5,8-9,11H2/b21-10+. The SMILES string of the molecule is C(=N\OCc1nc2c3c4c(sc3ncn2n1)CCCC4)/c1ccccc1. The summed E-state index contributed by atoms with van der Waals surface area (Å²) in [6.07, 6.45) is 8.19. The molecule has 0 saturated heterocycles. The molecule has 5 rings (SSSR count). The molecular formula is C19H17N5OS. The molecule has 0 bridgehead atoms. The molecule has 1 aliphatic rings. The molecule has 1 aromatic carbocycles. The van der Waals surface area contributed by atoms with Gasteiger partial charge >= 0.3 is 0 Å². The number of thiophene rings is 1. The van der Waals surface area contributed by atoms with Crippen molar-refractivity contribution in [1.29, 1.82) is 0 Å². The molecule has 0 fully saturated rings. The van der Waals surface area contributed by atoms with E-state index in [-0.39, 0.29) is 6.61 Å². The third-order valence-corrected chi connectivity index (χ3v) is 5.81. The molecule has 6 nitrogen and oxygen atoms in total. The Labute approximate surface area is 154 Å². The Morgan fingerprint density at radius 2 is 2.08 bits per heavy atom. The van der Waals surface area contributed by atoms with Gasteiger partial charge in [0.05, 0.1) is 11.6 Å². The topological polar surface area (TPSA) is 64.7 Å². The second-order valence-electron chi connectivity index (χ2n) is 6.35. The summed E-state index contributed by atoms with van der Waals surface area (Å²) in [5, 5.41) is 9.65. The van der Waals surface area contributed by atoms with Gasteiger partial charge in [-0.1, -0.05) is 35.5 Å². The van der Waals surface area contributed by atoms with E-state index in [4.69, 9.17) is 4.84 Å². The number of oxime groups is 1. The quantitative estimate of drug-likeness (QED) is 0.409. The van der Waals surface area contributed by atoms with E-state index < -0.39 is 0 Å². The molecule has 0 amide bonds. The summed E-state index contributed by atoms with van der Waals surface area (Å²) < 4.78 is 1.75. The lowest BCUT2D eigenvalue weighted by Crippen LogP contribution is -1.99. The van der Waals surface area contributed by atoms with E-state index in [0.717, 1.165) is 28.9 Å². The highest BCUT2D eigenvalue weighted by atomic mass is 32.1. The van der Waals surface area contributed by atoms with Gasteiger partial charge in [0.1, 0.15) is 11.2 Å². The van der Waals surface area contributed by atoms with Crippen LogP contribution in [0.15, 0.2) is 41.8 Å². The van der Waals surface area contributed by atoms with E-state index in [1.54, 1.807) is 28.4 Å². The van der Waals surface area contributed by atoms with Crippen molar-refractivity contribution in [2.45, 2.75) is 32.3 Å². The first-order valence-corrected chi connectivity index (χ1v) is 9.55. The Morgan fingerprint density at radius 3 is 3.00 bits per heavy atom. The molecule has 0 radical (unpaired) electrons. The van der Waals surface area contributed by atoms with Crippen LogP contribution in [-0.4, -0.2) is 25.8 Å². The fourth-order valence-electron chi connectivity index (χ4n) is 3.39.